The zero-order valence-corrected chi connectivity index (χ0v) is 15.5. The van der Waals surface area contributed by atoms with Gasteiger partial charge in [0.25, 0.3) is 0 Å². The second-order valence-corrected chi connectivity index (χ2v) is 7.88. The number of fused-ring (bicyclic) bond motifs is 1. The number of carbonyl (C=O) groups excluding carboxylic acids is 1. The molecule has 4 rings (SSSR count). The third kappa shape index (κ3) is 4.32. The van der Waals surface area contributed by atoms with E-state index in [4.69, 9.17) is 9.47 Å². The smallest absolute Gasteiger partial charge is 0.223 e. The number of rotatable bonds is 6. The van der Waals surface area contributed by atoms with Crippen molar-refractivity contribution in [3.63, 3.8) is 0 Å². The van der Waals surface area contributed by atoms with E-state index < -0.39 is 0 Å². The van der Waals surface area contributed by atoms with Crippen LogP contribution in [-0.4, -0.2) is 49.7 Å². The van der Waals surface area contributed by atoms with Crippen LogP contribution in [0.5, 0.6) is 11.5 Å². The van der Waals surface area contributed by atoms with Crippen molar-refractivity contribution >= 4 is 5.91 Å². The van der Waals surface area contributed by atoms with Gasteiger partial charge in [-0.2, -0.15) is 0 Å². The predicted molar refractivity (Wildman–Crippen MR) is 101 cm³/mol. The molecule has 2 aliphatic heterocycles. The van der Waals surface area contributed by atoms with Gasteiger partial charge < -0.3 is 19.7 Å². The van der Waals surface area contributed by atoms with Crippen LogP contribution in [0, 0.1) is 5.92 Å². The number of hydrogen-bond acceptors (Lipinski definition) is 4. The van der Waals surface area contributed by atoms with E-state index in [-0.39, 0.29) is 17.9 Å². The Labute approximate surface area is 156 Å². The number of amides is 1. The molecule has 142 valence electrons. The van der Waals surface area contributed by atoms with Gasteiger partial charge in [0.15, 0.2) is 11.5 Å². The van der Waals surface area contributed by atoms with Gasteiger partial charge in [0.05, 0.1) is 0 Å². The van der Waals surface area contributed by atoms with Crippen LogP contribution in [0.3, 0.4) is 0 Å². The van der Waals surface area contributed by atoms with Crippen molar-refractivity contribution in [1.82, 2.24) is 10.2 Å². The molecule has 1 saturated carbocycles. The fraction of sp³-hybridized carbons (Fsp3) is 0.667. The molecule has 0 aromatic heterocycles. The van der Waals surface area contributed by atoms with E-state index in [1.165, 1.54) is 31.2 Å². The molecule has 0 spiro atoms. The first-order valence-corrected chi connectivity index (χ1v) is 10.2. The van der Waals surface area contributed by atoms with Gasteiger partial charge in [-0.05, 0) is 62.9 Å². The van der Waals surface area contributed by atoms with E-state index in [0.29, 0.717) is 13.2 Å². The Kier molecular flexibility index (Phi) is 5.63. The highest BCUT2D eigenvalue weighted by Crippen LogP contribution is 2.31. The predicted octanol–water partition coefficient (Wildman–Crippen LogP) is 2.77. The van der Waals surface area contributed by atoms with E-state index in [0.717, 1.165) is 50.4 Å². The molecule has 0 radical (unpaired) electrons. The minimum atomic E-state index is 0.156. The third-order valence-electron chi connectivity index (χ3n) is 5.84. The molecule has 1 N–H and O–H groups in total. The summed E-state index contributed by atoms with van der Waals surface area (Å²) >= 11 is 0. The molecule has 0 bridgehead atoms. The largest absolute Gasteiger partial charge is 0.486 e. The molecular weight excluding hydrogens is 328 g/mol. The molecule has 0 unspecified atom stereocenters. The molecule has 2 heterocycles. The monoisotopic (exact) mass is 358 g/mol. The molecule has 2 fully saturated rings. The minimum absolute atomic E-state index is 0.156. The van der Waals surface area contributed by atoms with E-state index in [1.807, 2.05) is 6.07 Å². The molecule has 3 aliphatic rings. The molecule has 1 atom stereocenters. The SMILES string of the molecule is O=C(N[C@@H](Cc1ccc2c(c1)OCCO2)CN1CCCC1)C1CCCC1. The van der Waals surface area contributed by atoms with Crippen molar-refractivity contribution in [1.29, 1.82) is 0 Å². The lowest BCUT2D eigenvalue weighted by molar-refractivity contribution is -0.125. The molecule has 26 heavy (non-hydrogen) atoms. The zero-order chi connectivity index (χ0) is 17.8. The minimum Gasteiger partial charge on any atom is -0.486 e. The van der Waals surface area contributed by atoms with Gasteiger partial charge in [0.1, 0.15) is 13.2 Å². The molecule has 1 aromatic rings. The van der Waals surface area contributed by atoms with E-state index in [2.05, 4.69) is 22.3 Å². The van der Waals surface area contributed by atoms with Crippen LogP contribution >= 0.6 is 0 Å². The van der Waals surface area contributed by atoms with Crippen molar-refractivity contribution < 1.29 is 14.3 Å². The normalized spacial score (nSPS) is 21.7. The van der Waals surface area contributed by atoms with Crippen LogP contribution in [0.4, 0.5) is 0 Å². The summed E-state index contributed by atoms with van der Waals surface area (Å²) in [6, 6.07) is 6.33. The van der Waals surface area contributed by atoms with Crippen molar-refractivity contribution in [3.05, 3.63) is 23.8 Å². The van der Waals surface area contributed by atoms with Gasteiger partial charge in [0, 0.05) is 18.5 Å². The van der Waals surface area contributed by atoms with Crippen LogP contribution < -0.4 is 14.8 Å². The van der Waals surface area contributed by atoms with Crippen LogP contribution in [0.15, 0.2) is 18.2 Å². The summed E-state index contributed by atoms with van der Waals surface area (Å²) in [7, 11) is 0. The quantitative estimate of drug-likeness (QED) is 0.850. The zero-order valence-electron chi connectivity index (χ0n) is 15.5. The number of nitrogens with one attached hydrogen (secondary N) is 1. The standard InChI is InChI=1S/C21H30N2O3/c24-21(17-5-1-2-6-17)22-18(15-23-9-3-4-10-23)13-16-7-8-19-20(14-16)26-12-11-25-19/h7-8,14,17-18H,1-6,9-13,15H2,(H,22,24)/t18-/m0/s1. The van der Waals surface area contributed by atoms with Crippen LogP contribution in [0.25, 0.3) is 0 Å². The summed E-state index contributed by atoms with van der Waals surface area (Å²) in [5, 5.41) is 3.36. The maximum Gasteiger partial charge on any atom is 0.223 e. The summed E-state index contributed by atoms with van der Waals surface area (Å²) in [5.74, 6) is 2.13. The molecular formula is C21H30N2O3. The van der Waals surface area contributed by atoms with Gasteiger partial charge in [-0.1, -0.05) is 18.9 Å². The fourth-order valence-electron chi connectivity index (χ4n) is 4.44. The molecule has 1 saturated heterocycles. The topological polar surface area (TPSA) is 50.8 Å². The van der Waals surface area contributed by atoms with Crippen molar-refractivity contribution in [2.75, 3.05) is 32.8 Å². The number of hydrogen-bond donors (Lipinski definition) is 1. The van der Waals surface area contributed by atoms with E-state index in [1.54, 1.807) is 0 Å². The number of carbonyl (C=O) groups is 1. The Morgan fingerprint density at radius 1 is 1.08 bits per heavy atom. The lowest BCUT2D eigenvalue weighted by Crippen LogP contribution is -2.46. The average Bonchev–Trinajstić information content (AvgIpc) is 3.35. The molecule has 5 nitrogen and oxygen atoms in total. The lowest BCUT2D eigenvalue weighted by Gasteiger charge is -2.26. The Morgan fingerprint density at radius 2 is 1.81 bits per heavy atom. The molecule has 1 amide bonds. The molecule has 5 heteroatoms. The second kappa shape index (κ2) is 8.30. The highest BCUT2D eigenvalue weighted by molar-refractivity contribution is 5.79. The summed E-state index contributed by atoms with van der Waals surface area (Å²) in [6.45, 7) is 4.45. The van der Waals surface area contributed by atoms with Gasteiger partial charge in [-0.15, -0.1) is 0 Å². The van der Waals surface area contributed by atoms with Crippen LogP contribution in [0.1, 0.15) is 44.1 Å². The second-order valence-electron chi connectivity index (χ2n) is 7.88. The molecule has 1 aromatic carbocycles. The first-order chi connectivity index (χ1) is 12.8. The highest BCUT2D eigenvalue weighted by Gasteiger charge is 2.26. The van der Waals surface area contributed by atoms with Crippen LogP contribution in [0.2, 0.25) is 0 Å². The first-order valence-electron chi connectivity index (χ1n) is 10.2. The van der Waals surface area contributed by atoms with Crippen molar-refractivity contribution in [2.45, 2.75) is 51.0 Å². The van der Waals surface area contributed by atoms with Crippen molar-refractivity contribution in [3.8, 4) is 11.5 Å². The highest BCUT2D eigenvalue weighted by atomic mass is 16.6. The number of ether oxygens (including phenoxy) is 2. The number of benzene rings is 1. The maximum atomic E-state index is 12.7. The Balaban J connectivity index is 1.43. The van der Waals surface area contributed by atoms with E-state index in [9.17, 15) is 4.79 Å². The lowest BCUT2D eigenvalue weighted by atomic mass is 10.0. The summed E-state index contributed by atoms with van der Waals surface area (Å²) in [4.78, 5) is 15.2. The van der Waals surface area contributed by atoms with E-state index >= 15 is 0 Å². The first kappa shape index (κ1) is 17.7. The summed E-state index contributed by atoms with van der Waals surface area (Å²) in [6.07, 6.45) is 7.86. The number of nitrogens with zero attached hydrogens (tertiary/aromatic N) is 1. The molecule has 1 aliphatic carbocycles. The Bertz CT molecular complexity index is 622. The summed E-state index contributed by atoms with van der Waals surface area (Å²) in [5.41, 5.74) is 1.20. The number of likely N-dealkylation sites (tertiary alicyclic amines) is 1. The van der Waals surface area contributed by atoms with Gasteiger partial charge >= 0.3 is 0 Å². The Morgan fingerprint density at radius 3 is 2.58 bits per heavy atom. The fourth-order valence-corrected chi connectivity index (χ4v) is 4.44. The van der Waals surface area contributed by atoms with Crippen LogP contribution in [-0.2, 0) is 11.2 Å². The van der Waals surface area contributed by atoms with Gasteiger partial charge in [-0.3, -0.25) is 4.79 Å². The maximum absolute atomic E-state index is 12.7. The third-order valence-corrected chi connectivity index (χ3v) is 5.84. The Hall–Kier alpha value is -1.75. The van der Waals surface area contributed by atoms with Gasteiger partial charge in [-0.25, -0.2) is 0 Å². The van der Waals surface area contributed by atoms with Gasteiger partial charge in [0.2, 0.25) is 5.91 Å². The average molecular weight is 358 g/mol. The summed E-state index contributed by atoms with van der Waals surface area (Å²) < 4.78 is 11.3. The van der Waals surface area contributed by atoms with Crippen molar-refractivity contribution in [2.24, 2.45) is 5.92 Å².